The van der Waals surface area contributed by atoms with Crippen molar-refractivity contribution in [3.05, 3.63) is 17.7 Å². The summed E-state index contributed by atoms with van der Waals surface area (Å²) in [4.78, 5) is 11.5. The quantitative estimate of drug-likeness (QED) is 0.836. The van der Waals surface area contributed by atoms with Gasteiger partial charge in [0.15, 0.2) is 0 Å². The van der Waals surface area contributed by atoms with Crippen LogP contribution in [0.3, 0.4) is 0 Å². The summed E-state index contributed by atoms with van der Waals surface area (Å²) in [5, 5.41) is 3.37. The molecule has 1 aliphatic heterocycles. The highest BCUT2D eigenvalue weighted by molar-refractivity contribution is 5.48. The number of ether oxygens (including phenoxy) is 1. The van der Waals surface area contributed by atoms with Gasteiger partial charge in [-0.1, -0.05) is 20.8 Å². The third-order valence-electron chi connectivity index (χ3n) is 3.84. The lowest BCUT2D eigenvalue weighted by Gasteiger charge is -2.25. The first-order chi connectivity index (χ1) is 10.1. The number of nitrogens with one attached hydrogen (secondary N) is 1. The normalized spacial score (nSPS) is 18.4. The van der Waals surface area contributed by atoms with Crippen LogP contribution in [-0.4, -0.2) is 42.8 Å². The number of aromatic nitrogens is 2. The van der Waals surface area contributed by atoms with Crippen LogP contribution in [-0.2, 0) is 11.3 Å². The first-order valence-electron chi connectivity index (χ1n) is 8.01. The maximum absolute atomic E-state index is 5.73. The van der Waals surface area contributed by atoms with Crippen LogP contribution in [0.25, 0.3) is 0 Å². The van der Waals surface area contributed by atoms with Gasteiger partial charge in [0.1, 0.15) is 5.82 Å². The Kier molecular flexibility index (Phi) is 5.94. The third-order valence-corrected chi connectivity index (χ3v) is 3.84. The van der Waals surface area contributed by atoms with Gasteiger partial charge in [-0.2, -0.15) is 0 Å². The molecule has 21 heavy (non-hydrogen) atoms. The molecule has 5 nitrogen and oxygen atoms in total. The lowest BCUT2D eigenvalue weighted by atomic mass is 10.2. The van der Waals surface area contributed by atoms with Crippen LogP contribution in [0.4, 0.5) is 5.69 Å². The van der Waals surface area contributed by atoms with E-state index < -0.39 is 0 Å². The van der Waals surface area contributed by atoms with Gasteiger partial charge in [0, 0.05) is 32.7 Å². The molecule has 1 unspecified atom stereocenters. The monoisotopic (exact) mass is 292 g/mol. The zero-order valence-electron chi connectivity index (χ0n) is 13.7. The Hall–Kier alpha value is -1.20. The van der Waals surface area contributed by atoms with Crippen molar-refractivity contribution in [2.45, 2.75) is 52.2 Å². The zero-order chi connectivity index (χ0) is 15.2. The predicted octanol–water partition coefficient (Wildman–Crippen LogP) is 2.32. The molecule has 1 aromatic heterocycles. The van der Waals surface area contributed by atoms with Crippen molar-refractivity contribution in [2.24, 2.45) is 0 Å². The van der Waals surface area contributed by atoms with E-state index in [2.05, 4.69) is 43.0 Å². The summed E-state index contributed by atoms with van der Waals surface area (Å²) in [6.07, 6.45) is 4.62. The number of rotatable bonds is 7. The highest BCUT2D eigenvalue weighted by Gasteiger charge is 2.20. The zero-order valence-corrected chi connectivity index (χ0v) is 13.7. The van der Waals surface area contributed by atoms with Gasteiger partial charge in [-0.05, 0) is 19.4 Å². The topological polar surface area (TPSA) is 50.3 Å². The molecule has 2 rings (SSSR count). The summed E-state index contributed by atoms with van der Waals surface area (Å²) >= 11 is 0. The number of nitrogens with zero attached hydrogens (tertiary/aromatic N) is 3. The molecule has 0 aliphatic carbocycles. The Morgan fingerprint density at radius 3 is 2.90 bits per heavy atom. The fourth-order valence-electron chi connectivity index (χ4n) is 2.59. The van der Waals surface area contributed by atoms with E-state index in [0.29, 0.717) is 12.0 Å². The third kappa shape index (κ3) is 4.38. The van der Waals surface area contributed by atoms with E-state index in [9.17, 15) is 0 Å². The van der Waals surface area contributed by atoms with Crippen molar-refractivity contribution in [3.8, 4) is 0 Å². The Morgan fingerprint density at radius 2 is 2.29 bits per heavy atom. The number of hydrogen-bond donors (Lipinski definition) is 1. The average molecular weight is 292 g/mol. The fourth-order valence-corrected chi connectivity index (χ4v) is 2.59. The van der Waals surface area contributed by atoms with Crippen LogP contribution in [0.1, 0.15) is 51.0 Å². The second-order valence-electron chi connectivity index (χ2n) is 6.01. The van der Waals surface area contributed by atoms with E-state index in [1.165, 1.54) is 6.42 Å². The van der Waals surface area contributed by atoms with Crippen molar-refractivity contribution in [2.75, 3.05) is 31.6 Å². The Bertz CT molecular complexity index is 444. The molecule has 0 amide bonds. The molecule has 1 aliphatic rings. The van der Waals surface area contributed by atoms with Crippen LogP contribution in [0, 0.1) is 0 Å². The molecular weight excluding hydrogens is 264 g/mol. The van der Waals surface area contributed by atoms with Gasteiger partial charge in [0.25, 0.3) is 0 Å². The minimum atomic E-state index is 0.340. The van der Waals surface area contributed by atoms with Gasteiger partial charge in [0.2, 0.25) is 0 Å². The van der Waals surface area contributed by atoms with Crippen molar-refractivity contribution in [3.63, 3.8) is 0 Å². The van der Waals surface area contributed by atoms with E-state index in [1.54, 1.807) is 0 Å². The SMILES string of the molecule is CCNCc1nc(C(C)C)ncc1N(C)CC1CCCO1. The van der Waals surface area contributed by atoms with Gasteiger partial charge in [-0.3, -0.25) is 0 Å². The van der Waals surface area contributed by atoms with Gasteiger partial charge in [-0.25, -0.2) is 9.97 Å². The van der Waals surface area contributed by atoms with Crippen LogP contribution < -0.4 is 10.2 Å². The number of hydrogen-bond acceptors (Lipinski definition) is 5. The van der Waals surface area contributed by atoms with Gasteiger partial charge >= 0.3 is 0 Å². The molecule has 5 heteroatoms. The summed E-state index contributed by atoms with van der Waals surface area (Å²) < 4.78 is 5.73. The van der Waals surface area contributed by atoms with Crippen molar-refractivity contribution in [1.82, 2.24) is 15.3 Å². The summed E-state index contributed by atoms with van der Waals surface area (Å²) in [6.45, 7) is 9.89. The Labute approximate surface area is 128 Å². The van der Waals surface area contributed by atoms with E-state index in [-0.39, 0.29) is 0 Å². The van der Waals surface area contributed by atoms with E-state index in [0.717, 1.165) is 49.9 Å². The Morgan fingerprint density at radius 1 is 1.48 bits per heavy atom. The minimum Gasteiger partial charge on any atom is -0.376 e. The maximum atomic E-state index is 5.73. The second-order valence-corrected chi connectivity index (χ2v) is 6.01. The maximum Gasteiger partial charge on any atom is 0.131 e. The molecule has 0 radical (unpaired) electrons. The minimum absolute atomic E-state index is 0.340. The molecule has 118 valence electrons. The van der Waals surface area contributed by atoms with E-state index >= 15 is 0 Å². The fraction of sp³-hybridized carbons (Fsp3) is 0.750. The molecule has 0 bridgehead atoms. The van der Waals surface area contributed by atoms with Crippen LogP contribution >= 0.6 is 0 Å². The largest absolute Gasteiger partial charge is 0.376 e. The molecule has 1 atom stereocenters. The predicted molar refractivity (Wildman–Crippen MR) is 85.7 cm³/mol. The van der Waals surface area contributed by atoms with E-state index in [4.69, 9.17) is 9.72 Å². The van der Waals surface area contributed by atoms with Crippen LogP contribution in [0.2, 0.25) is 0 Å². The molecular formula is C16H28N4O. The Balaban J connectivity index is 2.14. The molecule has 0 spiro atoms. The summed E-state index contributed by atoms with van der Waals surface area (Å²) in [6, 6.07) is 0. The summed E-state index contributed by atoms with van der Waals surface area (Å²) in [5.41, 5.74) is 2.19. The molecule has 2 heterocycles. The molecule has 1 fully saturated rings. The number of likely N-dealkylation sites (N-methyl/N-ethyl adjacent to an activating group) is 1. The number of anilines is 1. The lowest BCUT2D eigenvalue weighted by Crippen LogP contribution is -2.30. The summed E-state index contributed by atoms with van der Waals surface area (Å²) in [5.74, 6) is 1.26. The first kappa shape index (κ1) is 16.2. The van der Waals surface area contributed by atoms with Crippen molar-refractivity contribution < 1.29 is 4.74 Å². The molecule has 0 aromatic carbocycles. The van der Waals surface area contributed by atoms with Crippen LogP contribution in [0.15, 0.2) is 6.20 Å². The van der Waals surface area contributed by atoms with E-state index in [1.807, 2.05) is 6.20 Å². The second kappa shape index (κ2) is 7.71. The smallest absolute Gasteiger partial charge is 0.131 e. The highest BCUT2D eigenvalue weighted by atomic mass is 16.5. The van der Waals surface area contributed by atoms with Crippen LogP contribution in [0.5, 0.6) is 0 Å². The van der Waals surface area contributed by atoms with Gasteiger partial charge < -0.3 is 15.0 Å². The van der Waals surface area contributed by atoms with Gasteiger partial charge in [-0.15, -0.1) is 0 Å². The molecule has 0 saturated carbocycles. The van der Waals surface area contributed by atoms with Gasteiger partial charge in [0.05, 0.1) is 23.7 Å². The average Bonchev–Trinajstić information content (AvgIpc) is 2.97. The summed E-state index contributed by atoms with van der Waals surface area (Å²) in [7, 11) is 2.10. The molecule has 1 saturated heterocycles. The lowest BCUT2D eigenvalue weighted by molar-refractivity contribution is 0.116. The molecule has 1 N–H and O–H groups in total. The first-order valence-corrected chi connectivity index (χ1v) is 8.01. The van der Waals surface area contributed by atoms with Crippen molar-refractivity contribution in [1.29, 1.82) is 0 Å². The van der Waals surface area contributed by atoms with Crippen molar-refractivity contribution >= 4 is 5.69 Å². The molecule has 1 aromatic rings. The highest BCUT2D eigenvalue weighted by Crippen LogP contribution is 2.22. The standard InChI is InChI=1S/C16H28N4O/c1-5-17-9-14-15(10-18-16(19-14)12(2)3)20(4)11-13-7-6-8-21-13/h10,12-13,17H,5-9,11H2,1-4H3.